The van der Waals surface area contributed by atoms with E-state index in [2.05, 4.69) is 0 Å². The summed E-state index contributed by atoms with van der Waals surface area (Å²) in [7, 11) is -4.36. The van der Waals surface area contributed by atoms with Crippen LogP contribution in [0.5, 0.6) is 5.75 Å². The average molecular weight is 260 g/mol. The van der Waals surface area contributed by atoms with Gasteiger partial charge >= 0.3 is 29.6 Å². The summed E-state index contributed by atoms with van der Waals surface area (Å²) in [5.41, 5.74) is 0. The number of hydrogen-bond donors (Lipinski definition) is 0. The van der Waals surface area contributed by atoms with Gasteiger partial charge in [0.15, 0.2) is 5.94 Å². The van der Waals surface area contributed by atoms with Gasteiger partial charge in [-0.05, 0) is 11.5 Å². The summed E-state index contributed by atoms with van der Waals surface area (Å²) in [6.45, 7) is 0. The van der Waals surface area contributed by atoms with Crippen LogP contribution in [0, 0.1) is 0 Å². The molecule has 0 radical (unpaired) electrons. The fourth-order valence-corrected chi connectivity index (χ4v) is 1.73. The van der Waals surface area contributed by atoms with Gasteiger partial charge in [-0.1, -0.05) is 36.4 Å². The van der Waals surface area contributed by atoms with E-state index in [1.807, 2.05) is 30.3 Å². The topological polar surface area (TPSA) is 66.4 Å². The maximum absolute atomic E-state index is 10.5. The molecule has 4 nitrogen and oxygen atoms in total. The van der Waals surface area contributed by atoms with Crippen molar-refractivity contribution in [3.05, 3.63) is 42.5 Å². The number of hydrogen-bond acceptors (Lipinski definition) is 4. The molecule has 2 aromatic carbocycles. The molecule has 0 saturated carbocycles. The van der Waals surface area contributed by atoms with Crippen molar-refractivity contribution >= 4 is 20.9 Å². The van der Waals surface area contributed by atoms with E-state index in [9.17, 15) is 13.0 Å². The van der Waals surface area contributed by atoms with Crippen LogP contribution in [0.1, 0.15) is 0 Å². The third-order valence-electron chi connectivity index (χ3n) is 2.11. The largest absolute Gasteiger partial charge is 1.00 e. The first-order valence-electron chi connectivity index (χ1n) is 4.60. The van der Waals surface area contributed by atoms with Gasteiger partial charge in [-0.25, -0.2) is 8.42 Å². The summed E-state index contributed by atoms with van der Waals surface area (Å²) < 4.78 is 36.4. The van der Waals surface area contributed by atoms with Crippen molar-refractivity contribution in [1.82, 2.24) is 0 Å². The van der Waals surface area contributed by atoms with E-state index in [0.717, 1.165) is 10.8 Å². The van der Waals surface area contributed by atoms with Crippen molar-refractivity contribution < 1.29 is 47.3 Å². The Morgan fingerprint density at radius 2 is 1.71 bits per heavy atom. The maximum Gasteiger partial charge on any atom is 1.00 e. The third-order valence-corrected chi connectivity index (χ3v) is 2.51. The van der Waals surface area contributed by atoms with Crippen molar-refractivity contribution in [3.8, 4) is 5.75 Å². The first kappa shape index (κ1) is 14.5. The van der Waals surface area contributed by atoms with Gasteiger partial charge in [0.05, 0.1) is 0 Å². The predicted molar refractivity (Wildman–Crippen MR) is 59.1 cm³/mol. The minimum atomic E-state index is -4.36. The van der Waals surface area contributed by atoms with Gasteiger partial charge in [-0.2, -0.15) is 0 Å². The van der Waals surface area contributed by atoms with Crippen molar-refractivity contribution in [2.24, 2.45) is 0 Å². The van der Waals surface area contributed by atoms with E-state index in [1.54, 1.807) is 12.1 Å². The SMILES string of the molecule is O=S(=O)([O-])COc1cccc2ccccc12.[Na+]. The van der Waals surface area contributed by atoms with Crippen LogP contribution in [-0.4, -0.2) is 18.9 Å². The molecule has 0 heterocycles. The molecule has 0 atom stereocenters. The number of benzene rings is 2. The van der Waals surface area contributed by atoms with Crippen LogP contribution < -0.4 is 34.3 Å². The molecule has 17 heavy (non-hydrogen) atoms. The molecule has 0 aliphatic heterocycles. The molecule has 0 N–H and O–H groups in total. The Balaban J connectivity index is 0.00000144. The standard InChI is InChI=1S/C11H10O4S.Na/c12-16(13,14)8-15-11-7-3-5-9-4-1-2-6-10(9)11;/h1-7H,8H2,(H,12,13,14);/q;+1/p-1. The Labute approximate surface area is 122 Å². The monoisotopic (exact) mass is 260 g/mol. The molecule has 0 spiro atoms. The minimum absolute atomic E-state index is 0. The van der Waals surface area contributed by atoms with Crippen molar-refractivity contribution in [1.29, 1.82) is 0 Å². The van der Waals surface area contributed by atoms with Gasteiger partial charge < -0.3 is 9.29 Å². The number of rotatable bonds is 3. The molecule has 0 bridgehead atoms. The molecular weight excluding hydrogens is 251 g/mol. The second-order valence-corrected chi connectivity index (χ2v) is 4.65. The molecule has 0 unspecified atom stereocenters. The minimum Gasteiger partial charge on any atom is -0.745 e. The van der Waals surface area contributed by atoms with Crippen LogP contribution >= 0.6 is 0 Å². The number of ether oxygens (including phenoxy) is 1. The van der Waals surface area contributed by atoms with Crippen LogP contribution in [0.15, 0.2) is 42.5 Å². The zero-order valence-electron chi connectivity index (χ0n) is 9.29. The summed E-state index contributed by atoms with van der Waals surface area (Å²) in [5.74, 6) is -0.446. The second kappa shape index (κ2) is 5.84. The smallest absolute Gasteiger partial charge is 0.745 e. The maximum atomic E-state index is 10.5. The predicted octanol–water partition coefficient (Wildman–Crippen LogP) is -1.27. The average Bonchev–Trinajstić information content (AvgIpc) is 2.25. The number of fused-ring (bicyclic) bond motifs is 1. The van der Waals surface area contributed by atoms with Gasteiger partial charge in [-0.3, -0.25) is 0 Å². The third kappa shape index (κ3) is 3.97. The Bertz CT molecular complexity index is 604. The molecule has 0 aromatic heterocycles. The Morgan fingerprint density at radius 3 is 2.41 bits per heavy atom. The van der Waals surface area contributed by atoms with Crippen LogP contribution in [-0.2, 0) is 10.1 Å². The van der Waals surface area contributed by atoms with Gasteiger partial charge in [-0.15, -0.1) is 0 Å². The van der Waals surface area contributed by atoms with Crippen LogP contribution in [0.4, 0.5) is 0 Å². The summed E-state index contributed by atoms with van der Waals surface area (Å²) in [6, 6.07) is 12.6. The van der Waals surface area contributed by atoms with Crippen molar-refractivity contribution in [2.75, 3.05) is 5.94 Å². The second-order valence-electron chi connectivity index (χ2n) is 3.30. The Hall–Kier alpha value is -0.590. The van der Waals surface area contributed by atoms with E-state index in [4.69, 9.17) is 4.74 Å². The van der Waals surface area contributed by atoms with Crippen molar-refractivity contribution in [3.63, 3.8) is 0 Å². The first-order valence-corrected chi connectivity index (χ1v) is 6.18. The van der Waals surface area contributed by atoms with Gasteiger partial charge in [0.2, 0.25) is 0 Å². The molecule has 0 aliphatic rings. The molecule has 0 amide bonds. The summed E-state index contributed by atoms with van der Waals surface area (Å²) in [4.78, 5) is 0. The van der Waals surface area contributed by atoms with Crippen LogP contribution in [0.3, 0.4) is 0 Å². The molecule has 0 saturated heterocycles. The van der Waals surface area contributed by atoms with Crippen molar-refractivity contribution in [2.45, 2.75) is 0 Å². The first-order chi connectivity index (χ1) is 7.56. The van der Waals surface area contributed by atoms with E-state index >= 15 is 0 Å². The summed E-state index contributed by atoms with van der Waals surface area (Å²) in [5, 5.41) is 1.72. The molecule has 0 aliphatic carbocycles. The Kier molecular flexibility index (Phi) is 4.97. The molecule has 84 valence electrons. The summed E-state index contributed by atoms with van der Waals surface area (Å²) >= 11 is 0. The van der Waals surface area contributed by atoms with E-state index in [-0.39, 0.29) is 29.6 Å². The molecule has 2 rings (SSSR count). The quantitative estimate of drug-likeness (QED) is 0.509. The van der Waals surface area contributed by atoms with Gasteiger partial charge in [0.1, 0.15) is 15.9 Å². The van der Waals surface area contributed by atoms with Crippen LogP contribution in [0.2, 0.25) is 0 Å². The fraction of sp³-hybridized carbons (Fsp3) is 0.0909. The molecule has 2 aromatic rings. The van der Waals surface area contributed by atoms with E-state index in [0.29, 0.717) is 5.75 Å². The van der Waals surface area contributed by atoms with E-state index in [1.165, 1.54) is 0 Å². The zero-order chi connectivity index (χ0) is 11.6. The van der Waals surface area contributed by atoms with Crippen LogP contribution in [0.25, 0.3) is 10.8 Å². The van der Waals surface area contributed by atoms with Gasteiger partial charge in [0, 0.05) is 5.39 Å². The Morgan fingerprint density at radius 1 is 1.06 bits per heavy atom. The summed E-state index contributed by atoms with van der Waals surface area (Å²) in [6.07, 6.45) is 0. The van der Waals surface area contributed by atoms with E-state index < -0.39 is 16.1 Å². The van der Waals surface area contributed by atoms with Gasteiger partial charge in [0.25, 0.3) is 0 Å². The molecule has 0 fully saturated rings. The molecule has 6 heteroatoms. The normalized spacial score (nSPS) is 10.9. The zero-order valence-corrected chi connectivity index (χ0v) is 12.1. The molecular formula is C11H9NaO4S. The fourth-order valence-electron chi connectivity index (χ4n) is 1.46.